The molecule has 1 saturated carbocycles. The topological polar surface area (TPSA) is 92.4 Å². The molecule has 1 aliphatic carbocycles. The Morgan fingerprint density at radius 1 is 1.14 bits per heavy atom. The third-order valence-corrected chi connectivity index (χ3v) is 5.17. The van der Waals surface area contributed by atoms with Gasteiger partial charge in [-0.1, -0.05) is 0 Å². The maximum Gasteiger partial charge on any atom is 0.251 e. The molecule has 1 fully saturated rings. The second-order valence-corrected chi connectivity index (χ2v) is 6.94. The summed E-state index contributed by atoms with van der Waals surface area (Å²) in [7, 11) is 3.46. The molecule has 3 unspecified atom stereocenters. The molecule has 1 heterocycles. The summed E-state index contributed by atoms with van der Waals surface area (Å²) in [4.78, 5) is 29.4. The molecule has 7 heteroatoms. The van der Waals surface area contributed by atoms with Crippen molar-refractivity contribution >= 4 is 17.5 Å². The van der Waals surface area contributed by atoms with E-state index in [1.54, 1.807) is 49.8 Å². The number of nitrogens with one attached hydrogen (secondary N) is 3. The van der Waals surface area contributed by atoms with Gasteiger partial charge in [0.1, 0.15) is 5.75 Å². The highest BCUT2D eigenvalue weighted by Gasteiger charge is 2.35. The number of pyridine rings is 1. The highest BCUT2D eigenvalue weighted by Crippen LogP contribution is 2.26. The molecule has 3 rings (SSSR count). The number of carbonyl (C=O) groups excluding carboxylic acids is 2. The Labute approximate surface area is 164 Å². The number of benzene rings is 1. The van der Waals surface area contributed by atoms with Crippen LogP contribution in [0.2, 0.25) is 0 Å². The van der Waals surface area contributed by atoms with E-state index < -0.39 is 0 Å². The van der Waals surface area contributed by atoms with Crippen LogP contribution in [0.5, 0.6) is 5.75 Å². The van der Waals surface area contributed by atoms with Crippen molar-refractivity contribution in [3.05, 3.63) is 54.4 Å². The Kier molecular flexibility index (Phi) is 6.60. The summed E-state index contributed by atoms with van der Waals surface area (Å²) in [5.41, 5.74) is 1.25. The molecule has 3 atom stereocenters. The molecule has 0 spiro atoms. The van der Waals surface area contributed by atoms with E-state index in [0.717, 1.165) is 12.8 Å². The minimum atomic E-state index is -0.236. The van der Waals surface area contributed by atoms with E-state index >= 15 is 0 Å². The first-order valence-electron chi connectivity index (χ1n) is 9.43. The van der Waals surface area contributed by atoms with Gasteiger partial charge in [0.05, 0.1) is 24.9 Å². The van der Waals surface area contributed by atoms with Crippen LogP contribution in [0.4, 0.5) is 5.69 Å². The largest absolute Gasteiger partial charge is 0.497 e. The molecular weight excluding hydrogens is 356 g/mol. The van der Waals surface area contributed by atoms with Gasteiger partial charge in [0, 0.05) is 23.8 Å². The van der Waals surface area contributed by atoms with E-state index in [1.165, 1.54) is 0 Å². The molecule has 2 amide bonds. The van der Waals surface area contributed by atoms with Crippen molar-refractivity contribution in [2.24, 2.45) is 5.92 Å². The summed E-state index contributed by atoms with van der Waals surface area (Å²) in [6, 6.07) is 10.6. The van der Waals surface area contributed by atoms with E-state index in [2.05, 4.69) is 20.9 Å². The van der Waals surface area contributed by atoms with Crippen LogP contribution in [-0.4, -0.2) is 43.0 Å². The summed E-state index contributed by atoms with van der Waals surface area (Å²) in [5.74, 6) is 0.274. The van der Waals surface area contributed by atoms with E-state index in [4.69, 9.17) is 4.74 Å². The molecule has 1 aliphatic rings. The summed E-state index contributed by atoms with van der Waals surface area (Å²) < 4.78 is 5.12. The van der Waals surface area contributed by atoms with Crippen LogP contribution >= 0.6 is 0 Å². The predicted octanol–water partition coefficient (Wildman–Crippen LogP) is 2.22. The highest BCUT2D eigenvalue weighted by atomic mass is 16.5. The Morgan fingerprint density at radius 2 is 1.93 bits per heavy atom. The smallest absolute Gasteiger partial charge is 0.251 e. The van der Waals surface area contributed by atoms with E-state index in [-0.39, 0.29) is 29.8 Å². The van der Waals surface area contributed by atoms with Crippen molar-refractivity contribution < 1.29 is 14.3 Å². The van der Waals surface area contributed by atoms with Gasteiger partial charge in [0.15, 0.2) is 0 Å². The Morgan fingerprint density at radius 3 is 2.57 bits per heavy atom. The zero-order chi connectivity index (χ0) is 19.9. The number of carbonyl (C=O) groups is 2. The van der Waals surface area contributed by atoms with Gasteiger partial charge in [0.25, 0.3) is 5.91 Å². The SMILES string of the molecule is CNC1CCC(NC(=O)c2ccc(OC)cc2)CC1C(=O)Nc1cccnc1. The number of methoxy groups -OCH3 is 1. The first-order valence-corrected chi connectivity index (χ1v) is 9.43. The average Bonchev–Trinajstić information content (AvgIpc) is 2.74. The zero-order valence-corrected chi connectivity index (χ0v) is 16.1. The van der Waals surface area contributed by atoms with Gasteiger partial charge in [-0.3, -0.25) is 14.6 Å². The lowest BCUT2D eigenvalue weighted by Crippen LogP contribution is -2.50. The fourth-order valence-electron chi connectivity index (χ4n) is 3.62. The molecule has 0 saturated heterocycles. The number of hydrogen-bond donors (Lipinski definition) is 3. The van der Waals surface area contributed by atoms with Crippen LogP contribution in [0.1, 0.15) is 29.6 Å². The normalized spacial score (nSPS) is 21.6. The van der Waals surface area contributed by atoms with Crippen LogP contribution in [-0.2, 0) is 4.79 Å². The maximum atomic E-state index is 12.8. The van der Waals surface area contributed by atoms with Crippen molar-refractivity contribution in [2.45, 2.75) is 31.3 Å². The lowest BCUT2D eigenvalue weighted by Gasteiger charge is -2.35. The molecule has 1 aromatic heterocycles. The molecule has 148 valence electrons. The summed E-state index contributed by atoms with van der Waals surface area (Å²) >= 11 is 0. The molecule has 0 aliphatic heterocycles. The van der Waals surface area contributed by atoms with Crippen molar-refractivity contribution in [3.63, 3.8) is 0 Å². The number of anilines is 1. The molecule has 28 heavy (non-hydrogen) atoms. The third-order valence-electron chi connectivity index (χ3n) is 5.17. The molecule has 0 radical (unpaired) electrons. The summed E-state index contributed by atoms with van der Waals surface area (Å²) in [6.07, 6.45) is 5.51. The second kappa shape index (κ2) is 9.32. The number of ether oxygens (including phenoxy) is 1. The monoisotopic (exact) mass is 382 g/mol. The number of hydrogen-bond acceptors (Lipinski definition) is 5. The van der Waals surface area contributed by atoms with Gasteiger partial charge in [-0.25, -0.2) is 0 Å². The Hall–Kier alpha value is -2.93. The first-order chi connectivity index (χ1) is 13.6. The van der Waals surface area contributed by atoms with Crippen LogP contribution < -0.4 is 20.7 Å². The van der Waals surface area contributed by atoms with Gasteiger partial charge in [-0.05, 0) is 62.7 Å². The van der Waals surface area contributed by atoms with E-state index in [1.807, 2.05) is 13.1 Å². The number of rotatable bonds is 6. The number of nitrogens with zero attached hydrogens (tertiary/aromatic N) is 1. The van der Waals surface area contributed by atoms with Crippen molar-refractivity contribution in [2.75, 3.05) is 19.5 Å². The standard InChI is InChI=1S/C21H26N4O3/c1-22-19-10-7-15(24-20(26)14-5-8-17(28-2)9-6-14)12-18(19)21(27)25-16-4-3-11-23-13-16/h3-6,8-9,11,13,15,18-19,22H,7,10,12H2,1-2H3,(H,24,26)(H,25,27). The molecule has 2 aromatic rings. The van der Waals surface area contributed by atoms with Gasteiger partial charge < -0.3 is 20.7 Å². The predicted molar refractivity (Wildman–Crippen MR) is 107 cm³/mol. The average molecular weight is 382 g/mol. The van der Waals surface area contributed by atoms with Crippen LogP contribution in [0.25, 0.3) is 0 Å². The number of aromatic nitrogens is 1. The lowest BCUT2D eigenvalue weighted by molar-refractivity contribution is -0.121. The molecule has 1 aromatic carbocycles. The Bertz CT molecular complexity index is 795. The second-order valence-electron chi connectivity index (χ2n) is 6.94. The van der Waals surface area contributed by atoms with Crippen LogP contribution in [0.3, 0.4) is 0 Å². The third kappa shape index (κ3) is 4.86. The van der Waals surface area contributed by atoms with Crippen LogP contribution in [0.15, 0.2) is 48.8 Å². The molecule has 3 N–H and O–H groups in total. The zero-order valence-electron chi connectivity index (χ0n) is 16.1. The van der Waals surface area contributed by atoms with E-state index in [9.17, 15) is 9.59 Å². The minimum absolute atomic E-state index is 0.0520. The molecule has 0 bridgehead atoms. The maximum absolute atomic E-state index is 12.8. The summed E-state index contributed by atoms with van der Waals surface area (Å²) in [6.45, 7) is 0. The van der Waals surface area contributed by atoms with E-state index in [0.29, 0.717) is 23.4 Å². The fraction of sp³-hybridized carbons (Fsp3) is 0.381. The van der Waals surface area contributed by atoms with Gasteiger partial charge in [-0.15, -0.1) is 0 Å². The Balaban J connectivity index is 1.63. The van der Waals surface area contributed by atoms with Gasteiger partial charge in [0.2, 0.25) is 5.91 Å². The van der Waals surface area contributed by atoms with Crippen molar-refractivity contribution in [1.82, 2.24) is 15.6 Å². The van der Waals surface area contributed by atoms with Crippen LogP contribution in [0, 0.1) is 5.92 Å². The minimum Gasteiger partial charge on any atom is -0.497 e. The first kappa shape index (κ1) is 19.8. The van der Waals surface area contributed by atoms with Crippen molar-refractivity contribution in [1.29, 1.82) is 0 Å². The molecular formula is C21H26N4O3. The highest BCUT2D eigenvalue weighted by molar-refractivity contribution is 5.95. The van der Waals surface area contributed by atoms with Crippen molar-refractivity contribution in [3.8, 4) is 5.75 Å². The molecule has 7 nitrogen and oxygen atoms in total. The quantitative estimate of drug-likeness (QED) is 0.712. The summed E-state index contributed by atoms with van der Waals surface area (Å²) in [5, 5.41) is 9.23. The van der Waals surface area contributed by atoms with Gasteiger partial charge in [-0.2, -0.15) is 0 Å². The number of amides is 2. The van der Waals surface area contributed by atoms with Gasteiger partial charge >= 0.3 is 0 Å². The lowest BCUT2D eigenvalue weighted by atomic mass is 9.80. The fourth-order valence-corrected chi connectivity index (χ4v) is 3.62.